The topological polar surface area (TPSA) is 50.8 Å². The molecule has 0 bridgehead atoms. The molecule has 0 saturated carbocycles. The first kappa shape index (κ1) is 25.2. The summed E-state index contributed by atoms with van der Waals surface area (Å²) in [5.41, 5.74) is 4.63. The second-order valence-electron chi connectivity index (χ2n) is 10.1. The molecule has 0 aromatic heterocycles. The fraction of sp³-hybridized carbons (Fsp3) is 0.344. The van der Waals surface area contributed by atoms with Gasteiger partial charge in [-0.25, -0.2) is 0 Å². The molecule has 0 unspecified atom stereocenters. The summed E-state index contributed by atoms with van der Waals surface area (Å²) in [5, 5.41) is 3.33. The number of fused-ring (bicyclic) bond motifs is 2. The number of likely N-dealkylation sites (tertiary alicyclic amines) is 1. The van der Waals surface area contributed by atoms with Crippen LogP contribution in [0.2, 0.25) is 0 Å². The molecule has 2 atom stereocenters. The third kappa shape index (κ3) is 5.34. The van der Waals surface area contributed by atoms with Crippen molar-refractivity contribution >= 4 is 12.0 Å². The molecule has 192 valence electrons. The zero-order valence-corrected chi connectivity index (χ0v) is 21.7. The summed E-state index contributed by atoms with van der Waals surface area (Å²) in [6.07, 6.45) is 6.71. The average molecular weight is 497 g/mol. The number of methoxy groups -OCH3 is 2. The molecule has 5 nitrogen and oxygen atoms in total. The van der Waals surface area contributed by atoms with E-state index in [-0.39, 0.29) is 23.5 Å². The number of nitrogens with one attached hydrogen (secondary N) is 1. The molecular weight excluding hydrogens is 460 g/mol. The number of amides is 1. The van der Waals surface area contributed by atoms with Crippen molar-refractivity contribution in [1.29, 1.82) is 0 Å². The second kappa shape index (κ2) is 11.3. The van der Waals surface area contributed by atoms with Crippen LogP contribution in [0.25, 0.3) is 6.08 Å². The van der Waals surface area contributed by atoms with Gasteiger partial charge in [0.1, 0.15) is 5.75 Å². The highest BCUT2D eigenvalue weighted by atomic mass is 16.5. The van der Waals surface area contributed by atoms with E-state index in [1.165, 1.54) is 16.7 Å². The van der Waals surface area contributed by atoms with Gasteiger partial charge in [0.2, 0.25) is 5.91 Å². The summed E-state index contributed by atoms with van der Waals surface area (Å²) in [4.78, 5) is 15.5. The van der Waals surface area contributed by atoms with E-state index in [9.17, 15) is 4.79 Å². The van der Waals surface area contributed by atoms with E-state index in [4.69, 9.17) is 9.47 Å². The Balaban J connectivity index is 1.26. The Hall–Kier alpha value is -3.41. The smallest absolute Gasteiger partial charge is 0.224 e. The molecule has 1 saturated heterocycles. The molecule has 3 aromatic rings. The third-order valence-electron chi connectivity index (χ3n) is 8.00. The third-order valence-corrected chi connectivity index (χ3v) is 8.00. The Bertz CT molecular complexity index is 1210. The molecule has 1 spiro atoms. The van der Waals surface area contributed by atoms with Gasteiger partial charge < -0.3 is 14.8 Å². The zero-order chi connectivity index (χ0) is 25.7. The van der Waals surface area contributed by atoms with Crippen LogP contribution in [-0.2, 0) is 21.4 Å². The van der Waals surface area contributed by atoms with Crippen molar-refractivity contribution in [1.82, 2.24) is 10.2 Å². The maximum absolute atomic E-state index is 13.0. The van der Waals surface area contributed by atoms with Crippen LogP contribution in [-0.4, -0.2) is 50.8 Å². The summed E-state index contributed by atoms with van der Waals surface area (Å²) in [6.45, 7) is 2.90. The number of ether oxygens (including phenoxy) is 2. The quantitative estimate of drug-likeness (QED) is 0.468. The number of rotatable bonds is 8. The van der Waals surface area contributed by atoms with E-state index in [1.54, 1.807) is 14.2 Å². The highest BCUT2D eigenvalue weighted by Gasteiger charge is 2.53. The fourth-order valence-electron chi connectivity index (χ4n) is 6.12. The minimum Gasteiger partial charge on any atom is -0.497 e. The zero-order valence-electron chi connectivity index (χ0n) is 21.7. The summed E-state index contributed by atoms with van der Waals surface area (Å²) in [6, 6.07) is 26.5. The van der Waals surface area contributed by atoms with E-state index in [0.717, 1.165) is 43.8 Å². The highest BCUT2D eigenvalue weighted by molar-refractivity contribution is 5.79. The van der Waals surface area contributed by atoms with Gasteiger partial charge in [0.05, 0.1) is 25.7 Å². The normalized spacial score (nSPS) is 20.7. The minimum atomic E-state index is -0.140. The Morgan fingerprint density at radius 3 is 2.38 bits per heavy atom. The first-order chi connectivity index (χ1) is 18.1. The van der Waals surface area contributed by atoms with Crippen LogP contribution in [0.4, 0.5) is 0 Å². The predicted molar refractivity (Wildman–Crippen MR) is 148 cm³/mol. The van der Waals surface area contributed by atoms with Gasteiger partial charge in [-0.05, 0) is 60.3 Å². The first-order valence-corrected chi connectivity index (χ1v) is 13.1. The van der Waals surface area contributed by atoms with Crippen LogP contribution in [0.3, 0.4) is 0 Å². The van der Waals surface area contributed by atoms with Crippen molar-refractivity contribution in [3.05, 3.63) is 107 Å². The Morgan fingerprint density at radius 1 is 0.973 bits per heavy atom. The first-order valence-electron chi connectivity index (χ1n) is 13.1. The van der Waals surface area contributed by atoms with Gasteiger partial charge in [-0.1, -0.05) is 78.9 Å². The van der Waals surface area contributed by atoms with Crippen molar-refractivity contribution in [2.75, 3.05) is 33.9 Å². The van der Waals surface area contributed by atoms with Gasteiger partial charge in [0.15, 0.2) is 0 Å². The standard InChI is InChI=1S/C32H36N2O3/c1-36-26-16-14-24(15-17-26)11-8-20-34-21-18-32(19-22-34)28-13-7-6-12-27(28)30(31(32)37-2)33-29(35)23-25-9-4-3-5-10-25/h3-17,30-31H,18-23H2,1-2H3,(H,33,35)/b11-8+/t30-,31+/m1/s1. The Labute approximate surface area is 220 Å². The number of piperidine rings is 1. The fourth-order valence-corrected chi connectivity index (χ4v) is 6.12. The number of carbonyl (C=O) groups excluding carboxylic acids is 1. The SMILES string of the molecule is COc1ccc(/C=C/CN2CCC3(CC2)c2ccccc2[C@@H](NC(=O)Cc2ccccc2)[C@@H]3OC)cc1. The van der Waals surface area contributed by atoms with Gasteiger partial charge >= 0.3 is 0 Å². The Kier molecular flexibility index (Phi) is 7.73. The summed E-state index contributed by atoms with van der Waals surface area (Å²) in [7, 11) is 3.48. The molecule has 1 aliphatic carbocycles. The van der Waals surface area contributed by atoms with E-state index < -0.39 is 0 Å². The molecule has 2 aliphatic rings. The van der Waals surface area contributed by atoms with E-state index in [2.05, 4.69) is 58.8 Å². The maximum Gasteiger partial charge on any atom is 0.224 e. The molecule has 1 N–H and O–H groups in total. The second-order valence-corrected chi connectivity index (χ2v) is 10.1. The van der Waals surface area contributed by atoms with E-state index in [1.807, 2.05) is 42.5 Å². The van der Waals surface area contributed by atoms with Crippen molar-refractivity contribution in [3.63, 3.8) is 0 Å². The molecule has 0 radical (unpaired) electrons. The lowest BCUT2D eigenvalue weighted by molar-refractivity contribution is -0.122. The monoisotopic (exact) mass is 496 g/mol. The summed E-state index contributed by atoms with van der Waals surface area (Å²) >= 11 is 0. The lowest BCUT2D eigenvalue weighted by atomic mass is 9.72. The molecule has 5 rings (SSSR count). The summed E-state index contributed by atoms with van der Waals surface area (Å²) in [5.74, 6) is 0.906. The van der Waals surface area contributed by atoms with Crippen molar-refractivity contribution in [3.8, 4) is 5.75 Å². The van der Waals surface area contributed by atoms with Gasteiger partial charge in [0.25, 0.3) is 0 Å². The molecule has 1 amide bonds. The lowest BCUT2D eigenvalue weighted by Crippen LogP contribution is -2.50. The number of hydrogen-bond donors (Lipinski definition) is 1. The van der Waals surface area contributed by atoms with Gasteiger partial charge in [-0.3, -0.25) is 9.69 Å². The molecular formula is C32H36N2O3. The molecule has 1 heterocycles. The van der Waals surface area contributed by atoms with Gasteiger partial charge in [-0.15, -0.1) is 0 Å². The van der Waals surface area contributed by atoms with Crippen LogP contribution in [0, 0.1) is 0 Å². The average Bonchev–Trinajstić information content (AvgIpc) is 3.18. The number of hydrogen-bond acceptors (Lipinski definition) is 4. The van der Waals surface area contributed by atoms with E-state index >= 15 is 0 Å². The number of benzene rings is 3. The van der Waals surface area contributed by atoms with E-state index in [0.29, 0.717) is 6.42 Å². The van der Waals surface area contributed by atoms with Crippen LogP contribution in [0.15, 0.2) is 84.9 Å². The molecule has 1 fully saturated rings. The summed E-state index contributed by atoms with van der Waals surface area (Å²) < 4.78 is 11.4. The van der Waals surface area contributed by atoms with Crippen LogP contribution < -0.4 is 10.1 Å². The molecule has 1 aliphatic heterocycles. The largest absolute Gasteiger partial charge is 0.497 e. The number of carbonyl (C=O) groups is 1. The van der Waals surface area contributed by atoms with Crippen LogP contribution >= 0.6 is 0 Å². The molecule has 5 heteroatoms. The predicted octanol–water partition coefficient (Wildman–Crippen LogP) is 5.17. The highest BCUT2D eigenvalue weighted by Crippen LogP contribution is 2.52. The maximum atomic E-state index is 13.0. The number of nitrogens with zero attached hydrogens (tertiary/aromatic N) is 1. The van der Waals surface area contributed by atoms with Gasteiger partial charge in [0, 0.05) is 19.1 Å². The van der Waals surface area contributed by atoms with Crippen LogP contribution in [0.5, 0.6) is 5.75 Å². The van der Waals surface area contributed by atoms with Gasteiger partial charge in [-0.2, -0.15) is 0 Å². The van der Waals surface area contributed by atoms with Crippen molar-refractivity contribution < 1.29 is 14.3 Å². The van der Waals surface area contributed by atoms with Crippen molar-refractivity contribution in [2.24, 2.45) is 0 Å². The van der Waals surface area contributed by atoms with Crippen LogP contribution in [0.1, 0.15) is 41.1 Å². The molecule has 3 aromatic carbocycles. The van der Waals surface area contributed by atoms with Crippen molar-refractivity contribution in [2.45, 2.75) is 36.8 Å². The lowest BCUT2D eigenvalue weighted by Gasteiger charge is -2.44. The Morgan fingerprint density at radius 2 is 1.68 bits per heavy atom. The molecule has 37 heavy (non-hydrogen) atoms. The minimum absolute atomic E-state index is 0.0335.